The number of nitrogen functional groups attached to an aromatic ring is 1. The molecule has 0 saturated carbocycles. The van der Waals surface area contributed by atoms with Crippen LogP contribution in [0.2, 0.25) is 0 Å². The van der Waals surface area contributed by atoms with Gasteiger partial charge in [-0.05, 0) is 38.8 Å². The lowest BCUT2D eigenvalue weighted by Crippen LogP contribution is -2.43. The van der Waals surface area contributed by atoms with E-state index in [1.165, 1.54) is 0 Å². The van der Waals surface area contributed by atoms with Gasteiger partial charge in [-0.1, -0.05) is 11.6 Å². The van der Waals surface area contributed by atoms with E-state index in [4.69, 9.17) is 10.6 Å². The van der Waals surface area contributed by atoms with Crippen molar-refractivity contribution in [1.29, 1.82) is 0 Å². The van der Waals surface area contributed by atoms with Gasteiger partial charge < -0.3 is 15.1 Å². The molecule has 3 N–H and O–H groups in total. The molecule has 1 saturated heterocycles. The lowest BCUT2D eigenvalue weighted by atomic mass is 10.0. The molecule has 1 aromatic rings. The van der Waals surface area contributed by atoms with Crippen LogP contribution >= 0.6 is 0 Å². The maximum atomic E-state index is 12.7. The third-order valence-corrected chi connectivity index (χ3v) is 3.63. The molecule has 1 unspecified atom stereocenters. The highest BCUT2D eigenvalue weighted by molar-refractivity contribution is 5.99. The minimum absolute atomic E-state index is 0.0195. The van der Waals surface area contributed by atoms with Crippen molar-refractivity contribution in [2.24, 2.45) is 5.84 Å². The molecule has 1 atom stereocenters. The summed E-state index contributed by atoms with van der Waals surface area (Å²) in [4.78, 5) is 14.5. The molecule has 1 fully saturated rings. The van der Waals surface area contributed by atoms with Crippen LogP contribution in [0, 0.1) is 6.92 Å². The van der Waals surface area contributed by atoms with Crippen molar-refractivity contribution in [3.05, 3.63) is 29.3 Å². The number of carbonyl (C=O) groups is 1. The molecule has 0 aromatic heterocycles. The largest absolute Gasteiger partial charge is 0.377 e. The average molecular weight is 277 g/mol. The van der Waals surface area contributed by atoms with E-state index in [0.717, 1.165) is 24.9 Å². The van der Waals surface area contributed by atoms with E-state index >= 15 is 0 Å². The molecular formula is C15H23N3O2. The zero-order chi connectivity index (χ0) is 14.5. The number of hydrazine groups is 1. The smallest absolute Gasteiger partial charge is 0.256 e. The van der Waals surface area contributed by atoms with Crippen molar-refractivity contribution in [2.45, 2.75) is 32.8 Å². The summed E-state index contributed by atoms with van der Waals surface area (Å²) in [5.41, 5.74) is 4.94. The SMILES string of the molecule is CCOC1CCCN(C(=O)c2cc(C)ccc2NN)C1. The summed E-state index contributed by atoms with van der Waals surface area (Å²) >= 11 is 0. The van der Waals surface area contributed by atoms with Gasteiger partial charge in [0.2, 0.25) is 0 Å². The van der Waals surface area contributed by atoms with Crippen LogP contribution < -0.4 is 11.3 Å². The highest BCUT2D eigenvalue weighted by atomic mass is 16.5. The first-order valence-corrected chi connectivity index (χ1v) is 7.13. The van der Waals surface area contributed by atoms with Crippen molar-refractivity contribution in [3.8, 4) is 0 Å². The second-order valence-electron chi connectivity index (χ2n) is 5.16. The summed E-state index contributed by atoms with van der Waals surface area (Å²) in [6.45, 7) is 6.08. The Morgan fingerprint density at radius 3 is 3.05 bits per heavy atom. The van der Waals surface area contributed by atoms with Crippen LogP contribution in [0.3, 0.4) is 0 Å². The van der Waals surface area contributed by atoms with Gasteiger partial charge in [0.25, 0.3) is 5.91 Å². The Hall–Kier alpha value is -1.59. The predicted molar refractivity (Wildman–Crippen MR) is 79.5 cm³/mol. The number of nitrogens with zero attached hydrogens (tertiary/aromatic N) is 1. The molecule has 5 heteroatoms. The fraction of sp³-hybridized carbons (Fsp3) is 0.533. The van der Waals surface area contributed by atoms with E-state index in [1.807, 2.05) is 36.9 Å². The molecule has 0 spiro atoms. The van der Waals surface area contributed by atoms with Crippen LogP contribution in [0.1, 0.15) is 35.7 Å². The molecule has 2 rings (SSSR count). The number of nitrogens with one attached hydrogen (secondary N) is 1. The van der Waals surface area contributed by atoms with Gasteiger partial charge in [-0.2, -0.15) is 0 Å². The van der Waals surface area contributed by atoms with E-state index in [0.29, 0.717) is 24.4 Å². The van der Waals surface area contributed by atoms with Crippen LogP contribution in [0.5, 0.6) is 0 Å². The Morgan fingerprint density at radius 1 is 1.55 bits per heavy atom. The predicted octanol–water partition coefficient (Wildman–Crippen LogP) is 1.92. The van der Waals surface area contributed by atoms with Crippen molar-refractivity contribution >= 4 is 11.6 Å². The van der Waals surface area contributed by atoms with Gasteiger partial charge in [-0.15, -0.1) is 0 Å². The van der Waals surface area contributed by atoms with Crippen molar-refractivity contribution in [2.75, 3.05) is 25.1 Å². The Balaban J connectivity index is 2.16. The second kappa shape index (κ2) is 6.72. The minimum Gasteiger partial charge on any atom is -0.377 e. The lowest BCUT2D eigenvalue weighted by molar-refractivity contribution is 0.00727. The summed E-state index contributed by atoms with van der Waals surface area (Å²) in [5.74, 6) is 5.52. The number of hydrogen-bond acceptors (Lipinski definition) is 4. The number of piperidine rings is 1. The molecule has 0 radical (unpaired) electrons. The summed E-state index contributed by atoms with van der Waals surface area (Å²) in [7, 11) is 0. The Morgan fingerprint density at radius 2 is 2.35 bits per heavy atom. The van der Waals surface area contributed by atoms with Gasteiger partial charge >= 0.3 is 0 Å². The molecule has 1 amide bonds. The van der Waals surface area contributed by atoms with Crippen LogP contribution in [0.25, 0.3) is 0 Å². The Kier molecular flexibility index (Phi) is 4.98. The molecular weight excluding hydrogens is 254 g/mol. The number of aryl methyl sites for hydroxylation is 1. The quantitative estimate of drug-likeness (QED) is 0.652. The third-order valence-electron chi connectivity index (χ3n) is 3.63. The summed E-state index contributed by atoms with van der Waals surface area (Å²) < 4.78 is 5.65. The topological polar surface area (TPSA) is 67.6 Å². The van der Waals surface area contributed by atoms with Crippen molar-refractivity contribution in [1.82, 2.24) is 4.90 Å². The first kappa shape index (κ1) is 14.8. The van der Waals surface area contributed by atoms with Crippen molar-refractivity contribution < 1.29 is 9.53 Å². The van der Waals surface area contributed by atoms with Gasteiger partial charge in [0, 0.05) is 19.7 Å². The third kappa shape index (κ3) is 3.29. The molecule has 0 bridgehead atoms. The number of ether oxygens (including phenoxy) is 1. The number of nitrogens with two attached hydrogens (primary N) is 1. The number of amides is 1. The zero-order valence-electron chi connectivity index (χ0n) is 12.2. The number of carbonyl (C=O) groups excluding carboxylic acids is 1. The molecule has 0 aliphatic carbocycles. The van der Waals surface area contributed by atoms with Gasteiger partial charge in [-0.25, -0.2) is 0 Å². The minimum atomic E-state index is 0.0195. The highest BCUT2D eigenvalue weighted by Gasteiger charge is 2.26. The van der Waals surface area contributed by atoms with E-state index in [2.05, 4.69) is 5.43 Å². The van der Waals surface area contributed by atoms with Crippen LogP contribution in [0.4, 0.5) is 5.69 Å². The number of hydrogen-bond donors (Lipinski definition) is 2. The summed E-state index contributed by atoms with van der Waals surface area (Å²) in [6, 6.07) is 5.65. The van der Waals surface area contributed by atoms with E-state index < -0.39 is 0 Å². The molecule has 1 heterocycles. The first-order chi connectivity index (χ1) is 9.65. The molecule has 1 aromatic carbocycles. The standard InChI is InChI=1S/C15H23N3O2/c1-3-20-12-5-4-8-18(10-12)15(19)13-9-11(2)6-7-14(13)17-16/h6-7,9,12,17H,3-5,8,10,16H2,1-2H3. The van der Waals surface area contributed by atoms with Gasteiger partial charge in [0.15, 0.2) is 0 Å². The van der Waals surface area contributed by atoms with E-state index in [-0.39, 0.29) is 12.0 Å². The monoisotopic (exact) mass is 277 g/mol. The Bertz CT molecular complexity index is 474. The van der Waals surface area contributed by atoms with E-state index in [9.17, 15) is 4.79 Å². The molecule has 1 aliphatic heterocycles. The molecule has 5 nitrogen and oxygen atoms in total. The van der Waals surface area contributed by atoms with Crippen LogP contribution in [0.15, 0.2) is 18.2 Å². The van der Waals surface area contributed by atoms with Gasteiger partial charge in [0.1, 0.15) is 0 Å². The van der Waals surface area contributed by atoms with Crippen LogP contribution in [-0.2, 0) is 4.74 Å². The van der Waals surface area contributed by atoms with Crippen molar-refractivity contribution in [3.63, 3.8) is 0 Å². The maximum Gasteiger partial charge on any atom is 0.256 e. The normalized spacial score (nSPS) is 18.9. The lowest BCUT2D eigenvalue weighted by Gasteiger charge is -2.33. The second-order valence-corrected chi connectivity index (χ2v) is 5.16. The summed E-state index contributed by atoms with van der Waals surface area (Å²) in [5, 5.41) is 0. The Labute approximate surface area is 120 Å². The number of rotatable bonds is 4. The van der Waals surface area contributed by atoms with E-state index in [1.54, 1.807) is 0 Å². The average Bonchev–Trinajstić information content (AvgIpc) is 2.47. The number of anilines is 1. The zero-order valence-corrected chi connectivity index (χ0v) is 12.2. The fourth-order valence-corrected chi connectivity index (χ4v) is 2.63. The van der Waals surface area contributed by atoms with Crippen LogP contribution in [-0.4, -0.2) is 36.6 Å². The first-order valence-electron chi connectivity index (χ1n) is 7.13. The summed E-state index contributed by atoms with van der Waals surface area (Å²) in [6.07, 6.45) is 2.15. The number of likely N-dealkylation sites (tertiary alicyclic amines) is 1. The van der Waals surface area contributed by atoms with Gasteiger partial charge in [0.05, 0.1) is 17.4 Å². The fourth-order valence-electron chi connectivity index (χ4n) is 2.63. The molecule has 1 aliphatic rings. The molecule has 20 heavy (non-hydrogen) atoms. The highest BCUT2D eigenvalue weighted by Crippen LogP contribution is 2.21. The number of benzene rings is 1. The maximum absolute atomic E-state index is 12.7. The molecule has 110 valence electrons. The van der Waals surface area contributed by atoms with Gasteiger partial charge in [-0.3, -0.25) is 10.6 Å².